The summed E-state index contributed by atoms with van der Waals surface area (Å²) in [6, 6.07) is 0. The summed E-state index contributed by atoms with van der Waals surface area (Å²) in [6.45, 7) is 0.570. The Kier molecular flexibility index (Phi) is 3.43. The molecule has 17 heavy (non-hydrogen) atoms. The van der Waals surface area contributed by atoms with Crippen molar-refractivity contribution in [3.63, 3.8) is 0 Å². The summed E-state index contributed by atoms with van der Waals surface area (Å²) in [4.78, 5) is 10.8. The van der Waals surface area contributed by atoms with E-state index in [4.69, 9.17) is 10.2 Å². The molecule has 0 amide bonds. The normalized spacial score (nSPS) is 35.5. The maximum atomic E-state index is 10.8. The van der Waals surface area contributed by atoms with Crippen molar-refractivity contribution in [3.8, 4) is 0 Å². The quantitative estimate of drug-likeness (QED) is 0.550. The Balaban J connectivity index is 1.79. The van der Waals surface area contributed by atoms with Gasteiger partial charge in [-0.2, -0.15) is 0 Å². The van der Waals surface area contributed by atoms with Crippen LogP contribution in [0.15, 0.2) is 0 Å². The van der Waals surface area contributed by atoms with Crippen LogP contribution in [-0.4, -0.2) is 45.6 Å². The van der Waals surface area contributed by atoms with E-state index in [0.29, 0.717) is 32.2 Å². The van der Waals surface area contributed by atoms with Crippen LogP contribution in [0.25, 0.3) is 0 Å². The Hall–Kier alpha value is -0.650. The van der Waals surface area contributed by atoms with Crippen molar-refractivity contribution in [2.75, 3.05) is 13.2 Å². The van der Waals surface area contributed by atoms with Crippen molar-refractivity contribution >= 4 is 5.97 Å². The Morgan fingerprint density at radius 2 is 1.82 bits per heavy atom. The maximum Gasteiger partial charge on any atom is 0.306 e. The van der Waals surface area contributed by atoms with E-state index in [1.54, 1.807) is 0 Å². The number of nitrogens with one attached hydrogen (secondary N) is 1. The zero-order valence-corrected chi connectivity index (χ0v) is 9.98. The van der Waals surface area contributed by atoms with Crippen LogP contribution in [0.3, 0.4) is 0 Å². The Labute approximate surface area is 101 Å². The molecule has 0 spiro atoms. The van der Waals surface area contributed by atoms with E-state index in [1.807, 2.05) is 0 Å². The van der Waals surface area contributed by atoms with Gasteiger partial charge in [0.1, 0.15) is 0 Å². The second kappa shape index (κ2) is 4.55. The monoisotopic (exact) mass is 243 g/mol. The molecule has 2 aliphatic carbocycles. The van der Waals surface area contributed by atoms with Crippen molar-refractivity contribution in [2.45, 2.75) is 49.7 Å². The predicted octanol–water partition coefficient (Wildman–Crippen LogP) is 0.107. The molecule has 0 aromatic carbocycles. The first-order valence-electron chi connectivity index (χ1n) is 6.30. The van der Waals surface area contributed by atoms with Crippen molar-refractivity contribution in [3.05, 3.63) is 0 Å². The molecular weight excluding hydrogens is 222 g/mol. The molecule has 5 heteroatoms. The average Bonchev–Trinajstić information content (AvgIpc) is 3.08. The molecule has 0 radical (unpaired) electrons. The molecule has 0 aromatic heterocycles. The Morgan fingerprint density at radius 3 is 2.24 bits per heavy atom. The molecule has 98 valence electrons. The highest BCUT2D eigenvalue weighted by molar-refractivity contribution is 5.70. The van der Waals surface area contributed by atoms with Gasteiger partial charge in [-0.25, -0.2) is 0 Å². The molecule has 5 nitrogen and oxygen atoms in total. The zero-order valence-electron chi connectivity index (χ0n) is 9.98. The summed E-state index contributed by atoms with van der Waals surface area (Å²) >= 11 is 0. The number of carboxylic acid groups (broad SMARTS) is 1. The van der Waals surface area contributed by atoms with Gasteiger partial charge in [0.15, 0.2) is 0 Å². The topological polar surface area (TPSA) is 89.8 Å². The largest absolute Gasteiger partial charge is 0.481 e. The molecule has 0 aliphatic heterocycles. The van der Waals surface area contributed by atoms with Crippen molar-refractivity contribution in [1.82, 2.24) is 5.32 Å². The number of aliphatic hydroxyl groups excluding tert-OH is 1. The molecule has 2 rings (SSSR count). The van der Waals surface area contributed by atoms with Gasteiger partial charge in [-0.3, -0.25) is 4.79 Å². The molecule has 0 atom stereocenters. The lowest BCUT2D eigenvalue weighted by Gasteiger charge is -2.36. The van der Waals surface area contributed by atoms with E-state index >= 15 is 0 Å². The van der Waals surface area contributed by atoms with Crippen LogP contribution in [0.5, 0.6) is 0 Å². The third kappa shape index (κ3) is 2.97. The molecule has 0 aromatic rings. The fraction of sp³-hybridized carbons (Fsp3) is 0.917. The number of aliphatic carboxylic acids is 1. The summed E-state index contributed by atoms with van der Waals surface area (Å²) in [6.07, 6.45) is 4.05. The van der Waals surface area contributed by atoms with Crippen LogP contribution in [0.2, 0.25) is 0 Å². The summed E-state index contributed by atoms with van der Waals surface area (Å²) in [5.41, 5.74) is -0.962. The molecular formula is C12H21NO4. The number of aliphatic hydroxyl groups is 2. The Morgan fingerprint density at radius 1 is 1.24 bits per heavy atom. The highest BCUT2D eigenvalue weighted by Gasteiger charge is 2.44. The first kappa shape index (κ1) is 12.8. The number of hydrogen-bond donors (Lipinski definition) is 4. The van der Waals surface area contributed by atoms with Gasteiger partial charge in [0, 0.05) is 12.1 Å². The van der Waals surface area contributed by atoms with Crippen LogP contribution in [-0.2, 0) is 4.79 Å². The summed E-state index contributed by atoms with van der Waals surface area (Å²) in [5, 5.41) is 31.6. The number of carbonyl (C=O) groups is 1. The van der Waals surface area contributed by atoms with E-state index in [9.17, 15) is 9.90 Å². The molecule has 4 N–H and O–H groups in total. The molecule has 2 aliphatic rings. The number of carboxylic acids is 1. The average molecular weight is 243 g/mol. The van der Waals surface area contributed by atoms with Crippen LogP contribution >= 0.6 is 0 Å². The maximum absolute atomic E-state index is 10.8. The van der Waals surface area contributed by atoms with Gasteiger partial charge in [0.05, 0.1) is 18.1 Å². The number of hydrogen-bond acceptors (Lipinski definition) is 4. The van der Waals surface area contributed by atoms with Gasteiger partial charge in [0.25, 0.3) is 0 Å². The van der Waals surface area contributed by atoms with Gasteiger partial charge < -0.3 is 20.6 Å². The van der Waals surface area contributed by atoms with Crippen LogP contribution in [0, 0.1) is 5.92 Å². The van der Waals surface area contributed by atoms with Crippen LogP contribution in [0.4, 0.5) is 0 Å². The Bertz CT molecular complexity index is 293. The number of rotatable bonds is 5. The van der Waals surface area contributed by atoms with E-state index in [0.717, 1.165) is 12.8 Å². The van der Waals surface area contributed by atoms with E-state index < -0.39 is 11.6 Å². The molecule has 0 saturated heterocycles. The first-order valence-corrected chi connectivity index (χ1v) is 6.30. The minimum atomic E-state index is -0.795. The van der Waals surface area contributed by atoms with Crippen LogP contribution < -0.4 is 5.32 Å². The molecule has 2 saturated carbocycles. The van der Waals surface area contributed by atoms with Crippen LogP contribution in [0.1, 0.15) is 38.5 Å². The highest BCUT2D eigenvalue weighted by atomic mass is 16.4. The van der Waals surface area contributed by atoms with Gasteiger partial charge in [-0.1, -0.05) is 0 Å². The third-order valence-corrected chi connectivity index (χ3v) is 4.21. The van der Waals surface area contributed by atoms with Gasteiger partial charge >= 0.3 is 5.97 Å². The molecule has 0 heterocycles. The zero-order chi connectivity index (χ0) is 12.5. The summed E-state index contributed by atoms with van der Waals surface area (Å²) in [5.74, 6) is -1.06. The van der Waals surface area contributed by atoms with Gasteiger partial charge in [-0.15, -0.1) is 0 Å². The highest BCUT2D eigenvalue weighted by Crippen LogP contribution is 2.37. The van der Waals surface area contributed by atoms with Crippen molar-refractivity contribution < 1.29 is 20.1 Å². The summed E-state index contributed by atoms with van der Waals surface area (Å²) in [7, 11) is 0. The fourth-order valence-electron chi connectivity index (χ4n) is 2.47. The molecule has 0 bridgehead atoms. The lowest BCUT2D eigenvalue weighted by Crippen LogP contribution is -2.49. The smallest absolute Gasteiger partial charge is 0.306 e. The van der Waals surface area contributed by atoms with E-state index in [-0.39, 0.29) is 18.1 Å². The SMILES string of the molecule is O=C(O)C1CCC(O)(CNC2(CO)CC2)CC1. The minimum Gasteiger partial charge on any atom is -0.481 e. The van der Waals surface area contributed by atoms with Gasteiger partial charge in [0.2, 0.25) is 0 Å². The second-order valence-electron chi connectivity index (χ2n) is 5.63. The predicted molar refractivity (Wildman–Crippen MR) is 61.6 cm³/mol. The van der Waals surface area contributed by atoms with Gasteiger partial charge in [-0.05, 0) is 38.5 Å². The fourth-order valence-corrected chi connectivity index (χ4v) is 2.47. The lowest BCUT2D eigenvalue weighted by molar-refractivity contribution is -0.144. The standard InChI is InChI=1S/C12H21NO4/c14-8-11(5-6-11)13-7-12(17)3-1-9(2-4-12)10(15)16/h9,13-14,17H,1-8H2,(H,15,16). The molecule has 2 fully saturated rings. The lowest BCUT2D eigenvalue weighted by atomic mass is 9.78. The minimum absolute atomic E-state index is 0.112. The first-order chi connectivity index (χ1) is 7.99. The third-order valence-electron chi connectivity index (χ3n) is 4.21. The van der Waals surface area contributed by atoms with E-state index in [1.165, 1.54) is 0 Å². The second-order valence-corrected chi connectivity index (χ2v) is 5.63. The number of β-amino-alcohol motifs (C(OH)–C–C–N with tert-alkyl or cyclic N) is 1. The van der Waals surface area contributed by atoms with E-state index in [2.05, 4.69) is 5.32 Å². The molecule has 0 unspecified atom stereocenters. The van der Waals surface area contributed by atoms with Crippen molar-refractivity contribution in [1.29, 1.82) is 0 Å². The summed E-state index contributed by atoms with van der Waals surface area (Å²) < 4.78 is 0. The van der Waals surface area contributed by atoms with Crippen molar-refractivity contribution in [2.24, 2.45) is 5.92 Å².